The fourth-order valence-corrected chi connectivity index (χ4v) is 13.8. The van der Waals surface area contributed by atoms with Crippen LogP contribution in [0.5, 0.6) is 0 Å². The molecule has 0 atom stereocenters. The van der Waals surface area contributed by atoms with E-state index in [-0.39, 0.29) is 30.6 Å². The number of nitrogens with two attached hydrogens (primary N) is 4. The van der Waals surface area contributed by atoms with Crippen molar-refractivity contribution in [3.8, 4) is 0 Å². The molecule has 6 aromatic heterocycles. The number of aliphatic imine (C=N–C) groups is 1. The number of anilines is 13. The summed E-state index contributed by atoms with van der Waals surface area (Å²) in [6, 6.07) is 38.5. The number of thiazole rings is 4. The van der Waals surface area contributed by atoms with Gasteiger partial charge in [-0.15, -0.1) is 45.3 Å². The molecule has 0 radical (unpaired) electrons. The van der Waals surface area contributed by atoms with Crippen LogP contribution in [-0.2, 0) is 49.7 Å². The number of carbonyl (C=O) groups excluding carboxylic acids is 5. The van der Waals surface area contributed by atoms with E-state index < -0.39 is 12.0 Å². The first kappa shape index (κ1) is 75.8. The van der Waals surface area contributed by atoms with Crippen molar-refractivity contribution in [1.82, 2.24) is 29.9 Å². The Balaban J connectivity index is 0.000000151. The Labute approximate surface area is 612 Å². The molecule has 536 valence electrons. The molecule has 103 heavy (non-hydrogen) atoms. The minimum absolute atomic E-state index is 0.00880. The topological polar surface area (TPSA) is 390 Å². The van der Waals surface area contributed by atoms with E-state index in [1.807, 2.05) is 60.7 Å². The summed E-state index contributed by atoms with van der Waals surface area (Å²) in [7, 11) is 0. The molecule has 4 aliphatic heterocycles. The number of nitrogens with zero attached hydrogens (tertiary/aromatic N) is 11. The second-order valence-electron chi connectivity index (χ2n) is 23.6. The van der Waals surface area contributed by atoms with Gasteiger partial charge in [-0.2, -0.15) is 4.99 Å². The summed E-state index contributed by atoms with van der Waals surface area (Å²) in [5, 5.41) is 24.2. The van der Waals surface area contributed by atoms with E-state index in [0.717, 1.165) is 76.6 Å². The highest BCUT2D eigenvalue weighted by Crippen LogP contribution is 2.28. The Kier molecular flexibility index (Phi) is 29.6. The average Bonchev–Trinajstić information content (AvgIpc) is 1.76. The van der Waals surface area contributed by atoms with Crippen molar-refractivity contribution in [1.29, 1.82) is 0 Å². The lowest BCUT2D eigenvalue weighted by atomic mass is 10.2. The maximum Gasteiger partial charge on any atom is 0.325 e. The third-order valence-corrected chi connectivity index (χ3v) is 19.2. The average molecular weight is 1470 g/mol. The SMILES string of the molecule is Nc1ccc(N2CCCC2)cc1.Nc1ncc(CC(=O)Nc2ccc(N3CCCC3)cc2)s1.Nc1ncc(CC(=O)Nc2ccc(N3CCCC3)cc2)s1.Nc1ncc(CC(=O)O)s1.O=C(Cc1cnc(NC(=O)Nc2cccnc2)s1)Nc1ccc(N2CCCC2)cc1.O=C=Nc1cccnc1. The number of aromatic nitrogens is 6. The number of nitrogen functional groups attached to an aromatic ring is 4. The van der Waals surface area contributed by atoms with Crippen molar-refractivity contribution in [3.63, 3.8) is 0 Å². The van der Waals surface area contributed by atoms with Gasteiger partial charge in [0.1, 0.15) is 0 Å². The van der Waals surface area contributed by atoms with Gasteiger partial charge >= 0.3 is 12.0 Å². The van der Waals surface area contributed by atoms with Crippen molar-refractivity contribution < 1.29 is 33.9 Å². The van der Waals surface area contributed by atoms with Crippen molar-refractivity contribution >= 4 is 159 Å². The third kappa shape index (κ3) is 26.6. The van der Waals surface area contributed by atoms with Gasteiger partial charge in [0, 0.05) is 155 Å². The van der Waals surface area contributed by atoms with E-state index in [2.05, 4.69) is 117 Å². The molecule has 4 aliphatic rings. The molecule has 4 fully saturated rings. The highest BCUT2D eigenvalue weighted by molar-refractivity contribution is 7.16. The maximum absolute atomic E-state index is 12.3. The monoisotopic (exact) mass is 1470 g/mol. The maximum atomic E-state index is 12.3. The summed E-state index contributed by atoms with van der Waals surface area (Å²) in [4.78, 5) is 107. The molecule has 14 N–H and O–H groups in total. The zero-order valence-electron chi connectivity index (χ0n) is 56.6. The van der Waals surface area contributed by atoms with E-state index in [1.165, 1.54) is 151 Å². The van der Waals surface area contributed by atoms with Crippen LogP contribution in [0.3, 0.4) is 0 Å². The molecular weight excluding hydrogens is 1390 g/mol. The minimum atomic E-state index is -0.858. The number of carbonyl (C=O) groups is 5. The number of carboxylic acids is 1. The van der Waals surface area contributed by atoms with Crippen LogP contribution < -0.4 is 69.1 Å². The number of amides is 5. The number of nitrogens with one attached hydrogen (secondary N) is 5. The van der Waals surface area contributed by atoms with Crippen molar-refractivity contribution in [2.75, 3.05) is 121 Å². The quantitative estimate of drug-likeness (QED) is 0.0217. The standard InChI is InChI=1S/C21H22N6O2S.2C15H18N4OS.C10H14N2.C6H4N2O.C5H6N2O2S/c28-19(24-15-5-7-17(8-6-15)27-10-1-2-11-27)12-18-14-23-21(30-18)26-20(29)25-16-4-3-9-22-13-16;2*16-15-17-10-13(21-15)9-14(20)18-11-3-5-12(6-4-11)19-7-1-2-8-19;11-9-3-5-10(6-4-9)12-7-1-2-8-12;9-5-8-6-2-1-3-7-4-6;6-5-7-2-3(10-5)1-4(8)9/h3-9,13-14H,1-2,10-12H2,(H,24,28)(H2,23,25,26,29);2*3-6,10H,1-2,7-9H2,(H2,16,17)(H,18,20);3-6H,1-2,7-8,11H2;1-4H;2H,1H2,(H2,6,7)(H,8,9). The second kappa shape index (κ2) is 40.2. The molecule has 0 unspecified atom stereocenters. The number of hydrogen-bond acceptors (Lipinski definition) is 25. The lowest BCUT2D eigenvalue weighted by Gasteiger charge is -2.17. The first-order chi connectivity index (χ1) is 50.0. The largest absolute Gasteiger partial charge is 0.481 e. The molecule has 27 nitrogen and oxygen atoms in total. The fourth-order valence-electron chi connectivity index (χ4n) is 10.9. The first-order valence-corrected chi connectivity index (χ1v) is 36.6. The van der Waals surface area contributed by atoms with E-state index in [4.69, 9.17) is 28.0 Å². The van der Waals surface area contributed by atoms with Crippen LogP contribution in [0.4, 0.5) is 82.2 Å². The molecule has 4 aromatic carbocycles. The summed E-state index contributed by atoms with van der Waals surface area (Å²) in [5.74, 6) is -1.08. The predicted octanol–water partition coefficient (Wildman–Crippen LogP) is 12.2. The highest BCUT2D eigenvalue weighted by Gasteiger charge is 2.18. The number of aliphatic carboxylic acids is 1. The molecule has 10 heterocycles. The fraction of sp³-hybridized carbons (Fsp3) is 0.278. The molecule has 5 amide bonds. The van der Waals surface area contributed by atoms with E-state index in [0.29, 0.717) is 49.6 Å². The Morgan fingerprint density at radius 1 is 0.408 bits per heavy atom. The smallest absolute Gasteiger partial charge is 0.325 e. The van der Waals surface area contributed by atoms with Crippen LogP contribution in [0.15, 0.2) is 176 Å². The predicted molar refractivity (Wildman–Crippen MR) is 415 cm³/mol. The lowest BCUT2D eigenvalue weighted by molar-refractivity contribution is -0.136. The summed E-state index contributed by atoms with van der Waals surface area (Å²) in [6.45, 7) is 9.07. The number of isocyanates is 1. The molecule has 0 saturated carbocycles. The van der Waals surface area contributed by atoms with Crippen molar-refractivity contribution in [2.24, 2.45) is 4.99 Å². The molecule has 4 saturated heterocycles. The summed E-state index contributed by atoms with van der Waals surface area (Å²) in [6.07, 6.45) is 25.0. The molecule has 0 spiro atoms. The van der Waals surface area contributed by atoms with Gasteiger partial charge in [0.2, 0.25) is 23.8 Å². The number of urea groups is 1. The van der Waals surface area contributed by atoms with Gasteiger partial charge in [-0.05, 0) is 173 Å². The van der Waals surface area contributed by atoms with Crippen LogP contribution in [0.2, 0.25) is 0 Å². The first-order valence-electron chi connectivity index (χ1n) is 33.3. The van der Waals surface area contributed by atoms with Crippen LogP contribution in [0.1, 0.15) is 70.9 Å². The Hall–Kier alpha value is -11.4. The van der Waals surface area contributed by atoms with Crippen LogP contribution in [-0.4, -0.2) is 123 Å². The van der Waals surface area contributed by atoms with Gasteiger partial charge < -0.3 is 68.9 Å². The zero-order valence-corrected chi connectivity index (χ0v) is 59.8. The number of pyridine rings is 2. The normalized spacial score (nSPS) is 13.3. The lowest BCUT2D eigenvalue weighted by Crippen LogP contribution is -2.19. The van der Waals surface area contributed by atoms with Gasteiger partial charge in [0.25, 0.3) is 0 Å². The van der Waals surface area contributed by atoms with Gasteiger partial charge in [-0.1, -0.05) is 0 Å². The third-order valence-electron chi connectivity index (χ3n) is 15.8. The number of carboxylic acid groups (broad SMARTS) is 1. The van der Waals surface area contributed by atoms with Crippen LogP contribution in [0.25, 0.3) is 0 Å². The van der Waals surface area contributed by atoms with E-state index >= 15 is 0 Å². The Morgan fingerprint density at radius 3 is 1.09 bits per heavy atom. The van der Waals surface area contributed by atoms with E-state index in [1.54, 1.807) is 61.4 Å². The number of hydrogen-bond donors (Lipinski definition) is 10. The molecule has 10 aromatic rings. The summed E-state index contributed by atoms with van der Waals surface area (Å²) >= 11 is 5.16. The van der Waals surface area contributed by atoms with Gasteiger partial charge in [-0.25, -0.2) is 29.5 Å². The van der Waals surface area contributed by atoms with Gasteiger partial charge in [0.05, 0.1) is 49.5 Å². The number of rotatable bonds is 18. The van der Waals surface area contributed by atoms with Crippen molar-refractivity contribution in [2.45, 2.75) is 77.0 Å². The highest BCUT2D eigenvalue weighted by atomic mass is 32.1. The van der Waals surface area contributed by atoms with Crippen molar-refractivity contribution in [3.05, 3.63) is 190 Å². The zero-order chi connectivity index (χ0) is 72.6. The number of benzene rings is 4. The molecular formula is C72H82N20O7S4. The summed E-state index contributed by atoms with van der Waals surface area (Å²) < 4.78 is 0. The Morgan fingerprint density at radius 2 is 0.757 bits per heavy atom. The van der Waals surface area contributed by atoms with Gasteiger partial charge in [0.15, 0.2) is 20.5 Å². The second-order valence-corrected chi connectivity index (χ2v) is 28.2. The molecule has 31 heteroatoms. The summed E-state index contributed by atoms with van der Waals surface area (Å²) in [5.41, 5.74) is 31.3. The van der Waals surface area contributed by atoms with Gasteiger partial charge in [-0.3, -0.25) is 34.5 Å². The molecule has 0 bridgehead atoms. The van der Waals surface area contributed by atoms with E-state index in [9.17, 15) is 28.8 Å². The van der Waals surface area contributed by atoms with Crippen LogP contribution >= 0.6 is 45.3 Å². The Bertz CT molecular complexity index is 4190. The van der Waals surface area contributed by atoms with Crippen LogP contribution in [0, 0.1) is 0 Å². The molecule has 0 aliphatic carbocycles. The molecule has 14 rings (SSSR count). The minimum Gasteiger partial charge on any atom is -0.481 e.